The van der Waals surface area contributed by atoms with Crippen LogP contribution in [0.3, 0.4) is 0 Å². The van der Waals surface area contributed by atoms with Gasteiger partial charge in [0.25, 0.3) is 0 Å². The first kappa shape index (κ1) is 20.2. The van der Waals surface area contributed by atoms with Crippen molar-refractivity contribution in [3.05, 3.63) is 41.2 Å². The first-order valence-corrected chi connectivity index (χ1v) is 9.35. The second kappa shape index (κ2) is 8.24. The third-order valence-electron chi connectivity index (χ3n) is 5.36. The summed E-state index contributed by atoms with van der Waals surface area (Å²) in [5, 5.41) is 0. The van der Waals surface area contributed by atoms with Gasteiger partial charge < -0.3 is 9.64 Å². The Morgan fingerprint density at radius 2 is 1.86 bits per heavy atom. The van der Waals surface area contributed by atoms with Crippen molar-refractivity contribution in [3.63, 3.8) is 0 Å². The lowest BCUT2D eigenvalue weighted by molar-refractivity contribution is -0.127. The summed E-state index contributed by atoms with van der Waals surface area (Å²) in [5.74, 6) is -4.22. The summed E-state index contributed by atoms with van der Waals surface area (Å²) >= 11 is 0. The minimum Gasteiger partial charge on any atom is -0.447 e. The van der Waals surface area contributed by atoms with Crippen LogP contribution < -0.4 is 0 Å². The van der Waals surface area contributed by atoms with Crippen LogP contribution in [0, 0.1) is 23.4 Å². The number of rotatable bonds is 4. The smallest absolute Gasteiger partial charge is 0.410 e. The Labute approximate surface area is 161 Å². The molecule has 0 spiro atoms. The summed E-state index contributed by atoms with van der Waals surface area (Å²) in [6.07, 6.45) is 3.22. The number of ether oxygens (including phenoxy) is 1. The van der Waals surface area contributed by atoms with Gasteiger partial charge in [0, 0.05) is 30.8 Å². The molecule has 2 fully saturated rings. The molecule has 2 amide bonds. The predicted octanol–water partition coefficient (Wildman–Crippen LogP) is 3.58. The fourth-order valence-electron chi connectivity index (χ4n) is 3.68. The standard InChI is InChI=1S/C20H23F3N2O3/c1-12(2)16-11-28-20(27)25(16)14-7-9-24(10-8-14)17(26)6-4-13-3-5-15(21)19(23)18(13)22/h3-6,12,14,16H,7-11H2,1-2H3. The molecule has 8 heteroatoms. The lowest BCUT2D eigenvalue weighted by Crippen LogP contribution is -2.50. The molecule has 3 rings (SSSR count). The number of carbonyl (C=O) groups excluding carboxylic acids is 2. The molecular weight excluding hydrogens is 373 g/mol. The van der Waals surface area contributed by atoms with Crippen molar-refractivity contribution in [2.75, 3.05) is 19.7 Å². The molecule has 1 aromatic carbocycles. The van der Waals surface area contributed by atoms with E-state index in [0.29, 0.717) is 32.5 Å². The molecule has 0 radical (unpaired) electrons. The van der Waals surface area contributed by atoms with E-state index in [0.717, 1.165) is 24.3 Å². The highest BCUT2D eigenvalue weighted by Crippen LogP contribution is 2.27. The molecule has 5 nitrogen and oxygen atoms in total. The van der Waals surface area contributed by atoms with Gasteiger partial charge in [-0.3, -0.25) is 9.69 Å². The van der Waals surface area contributed by atoms with Crippen LogP contribution in [0.15, 0.2) is 18.2 Å². The molecule has 0 aliphatic carbocycles. The molecular formula is C20H23F3N2O3. The monoisotopic (exact) mass is 396 g/mol. The van der Waals surface area contributed by atoms with E-state index >= 15 is 0 Å². The summed E-state index contributed by atoms with van der Waals surface area (Å²) < 4.78 is 45.1. The van der Waals surface area contributed by atoms with E-state index in [2.05, 4.69) is 0 Å². The molecule has 1 unspecified atom stereocenters. The van der Waals surface area contributed by atoms with Crippen LogP contribution in [-0.2, 0) is 9.53 Å². The molecule has 28 heavy (non-hydrogen) atoms. The van der Waals surface area contributed by atoms with Crippen LogP contribution in [0.2, 0.25) is 0 Å². The Morgan fingerprint density at radius 1 is 1.18 bits per heavy atom. The highest BCUT2D eigenvalue weighted by atomic mass is 19.2. The van der Waals surface area contributed by atoms with Gasteiger partial charge in [0.1, 0.15) is 6.61 Å². The van der Waals surface area contributed by atoms with E-state index in [1.54, 1.807) is 9.80 Å². The van der Waals surface area contributed by atoms with Gasteiger partial charge in [-0.1, -0.05) is 13.8 Å². The molecule has 0 bridgehead atoms. The number of benzene rings is 1. The van der Waals surface area contributed by atoms with Gasteiger partial charge in [-0.25, -0.2) is 18.0 Å². The largest absolute Gasteiger partial charge is 0.447 e. The molecule has 1 atom stereocenters. The number of hydrogen-bond acceptors (Lipinski definition) is 3. The van der Waals surface area contributed by atoms with Crippen molar-refractivity contribution in [3.8, 4) is 0 Å². The number of carbonyl (C=O) groups is 2. The molecule has 152 valence electrons. The van der Waals surface area contributed by atoms with Gasteiger partial charge in [-0.2, -0.15) is 0 Å². The second-order valence-corrected chi connectivity index (χ2v) is 7.45. The fourth-order valence-corrected chi connectivity index (χ4v) is 3.68. The maximum Gasteiger partial charge on any atom is 0.410 e. The van der Waals surface area contributed by atoms with E-state index in [4.69, 9.17) is 4.74 Å². The van der Waals surface area contributed by atoms with E-state index in [-0.39, 0.29) is 35.6 Å². The van der Waals surface area contributed by atoms with Crippen molar-refractivity contribution in [1.29, 1.82) is 0 Å². The maximum atomic E-state index is 13.7. The molecule has 0 saturated carbocycles. The minimum absolute atomic E-state index is 0.0130. The SMILES string of the molecule is CC(C)C1COC(=O)N1C1CCN(C(=O)C=Cc2ccc(F)c(F)c2F)CC1. The minimum atomic E-state index is -1.56. The zero-order valence-electron chi connectivity index (χ0n) is 15.8. The van der Waals surface area contributed by atoms with Gasteiger partial charge in [0.15, 0.2) is 17.5 Å². The summed E-state index contributed by atoms with van der Waals surface area (Å²) in [7, 11) is 0. The highest BCUT2D eigenvalue weighted by Gasteiger charge is 2.40. The zero-order chi connectivity index (χ0) is 20.4. The average molecular weight is 396 g/mol. The van der Waals surface area contributed by atoms with Crippen molar-refractivity contribution < 1.29 is 27.5 Å². The van der Waals surface area contributed by atoms with Crippen LogP contribution in [0.1, 0.15) is 32.3 Å². The number of amides is 2. The van der Waals surface area contributed by atoms with Gasteiger partial charge in [0.2, 0.25) is 5.91 Å². The lowest BCUT2D eigenvalue weighted by Gasteiger charge is -2.38. The lowest BCUT2D eigenvalue weighted by atomic mass is 9.97. The zero-order valence-corrected chi connectivity index (χ0v) is 15.8. The number of nitrogens with zero attached hydrogens (tertiary/aromatic N) is 2. The molecule has 2 heterocycles. The molecule has 0 N–H and O–H groups in total. The average Bonchev–Trinajstić information content (AvgIpc) is 3.07. The van der Waals surface area contributed by atoms with Gasteiger partial charge in [-0.05, 0) is 37.0 Å². The molecule has 2 saturated heterocycles. The number of piperidine rings is 1. The van der Waals surface area contributed by atoms with Crippen molar-refractivity contribution in [2.24, 2.45) is 5.92 Å². The second-order valence-electron chi connectivity index (χ2n) is 7.45. The first-order valence-electron chi connectivity index (χ1n) is 9.35. The maximum absolute atomic E-state index is 13.7. The number of cyclic esters (lactones) is 1. The summed E-state index contributed by atoms with van der Waals surface area (Å²) in [6.45, 7) is 5.37. The Hall–Kier alpha value is -2.51. The number of hydrogen-bond donors (Lipinski definition) is 0. The van der Waals surface area contributed by atoms with Crippen LogP contribution in [0.5, 0.6) is 0 Å². The predicted molar refractivity (Wildman–Crippen MR) is 96.8 cm³/mol. The van der Waals surface area contributed by atoms with Gasteiger partial charge in [-0.15, -0.1) is 0 Å². The summed E-state index contributed by atoms with van der Waals surface area (Å²) in [4.78, 5) is 27.8. The highest BCUT2D eigenvalue weighted by molar-refractivity contribution is 5.91. The summed E-state index contributed by atoms with van der Waals surface area (Å²) in [6, 6.07) is 1.94. The molecule has 1 aromatic rings. The number of likely N-dealkylation sites (tertiary alicyclic amines) is 1. The Morgan fingerprint density at radius 3 is 2.50 bits per heavy atom. The van der Waals surface area contributed by atoms with Crippen LogP contribution in [0.4, 0.5) is 18.0 Å². The third-order valence-corrected chi connectivity index (χ3v) is 5.36. The van der Waals surface area contributed by atoms with Crippen molar-refractivity contribution in [2.45, 2.75) is 38.8 Å². The fraction of sp³-hybridized carbons (Fsp3) is 0.500. The van der Waals surface area contributed by atoms with Crippen molar-refractivity contribution >= 4 is 18.1 Å². The number of halogens is 3. The van der Waals surface area contributed by atoms with Gasteiger partial charge >= 0.3 is 6.09 Å². The third kappa shape index (κ3) is 4.00. The molecule has 2 aliphatic heterocycles. The quantitative estimate of drug-likeness (QED) is 0.577. The molecule has 0 aromatic heterocycles. The van der Waals surface area contributed by atoms with E-state index < -0.39 is 17.5 Å². The van der Waals surface area contributed by atoms with Crippen LogP contribution in [-0.4, -0.2) is 53.6 Å². The first-order chi connectivity index (χ1) is 13.3. The van der Waals surface area contributed by atoms with E-state index in [1.807, 2.05) is 13.8 Å². The van der Waals surface area contributed by atoms with E-state index in [1.165, 1.54) is 0 Å². The Bertz CT molecular complexity index is 789. The Balaban J connectivity index is 1.60. The normalized spacial score (nSPS) is 21.1. The van der Waals surface area contributed by atoms with Gasteiger partial charge in [0.05, 0.1) is 6.04 Å². The topological polar surface area (TPSA) is 49.9 Å². The van der Waals surface area contributed by atoms with E-state index in [9.17, 15) is 22.8 Å². The van der Waals surface area contributed by atoms with Crippen molar-refractivity contribution in [1.82, 2.24) is 9.80 Å². The molecule has 2 aliphatic rings. The summed E-state index contributed by atoms with van der Waals surface area (Å²) in [5.41, 5.74) is -0.193. The van der Waals surface area contributed by atoms with Crippen LogP contribution >= 0.6 is 0 Å². The van der Waals surface area contributed by atoms with Crippen LogP contribution in [0.25, 0.3) is 6.08 Å². The Kier molecular flexibility index (Phi) is 5.96.